The number of rotatable bonds is 2. The van der Waals surface area contributed by atoms with Gasteiger partial charge in [-0.2, -0.15) is 0 Å². The first-order valence-electron chi connectivity index (χ1n) is 6.65. The standard InChI is InChI=1S/C14H15BClNO4/c1-17-7-13(18)20-15(21-14(19)8-17)12-6-11(12)9-2-4-10(16)5-3-9/h2-5,7-8,11-12,18-19H,6H2,1H3. The van der Waals surface area contributed by atoms with Crippen molar-refractivity contribution in [2.24, 2.45) is 0 Å². The van der Waals surface area contributed by atoms with Crippen molar-refractivity contribution in [3.05, 3.63) is 59.1 Å². The molecule has 1 aromatic carbocycles. The minimum absolute atomic E-state index is 0.0701. The second-order valence-corrected chi connectivity index (χ2v) is 5.70. The fraction of sp³-hybridized carbons (Fsp3) is 0.286. The van der Waals surface area contributed by atoms with E-state index in [0.29, 0.717) is 5.02 Å². The molecule has 3 rings (SSSR count). The van der Waals surface area contributed by atoms with E-state index in [2.05, 4.69) is 0 Å². The molecule has 1 fully saturated rings. The van der Waals surface area contributed by atoms with Gasteiger partial charge in [0.1, 0.15) is 0 Å². The van der Waals surface area contributed by atoms with Crippen LogP contribution in [0.4, 0.5) is 0 Å². The molecule has 0 amide bonds. The van der Waals surface area contributed by atoms with Gasteiger partial charge in [0.15, 0.2) is 0 Å². The summed E-state index contributed by atoms with van der Waals surface area (Å²) in [5.41, 5.74) is 1.14. The van der Waals surface area contributed by atoms with E-state index in [4.69, 9.17) is 20.9 Å². The van der Waals surface area contributed by atoms with E-state index in [1.54, 1.807) is 7.05 Å². The third-order valence-electron chi connectivity index (χ3n) is 3.59. The van der Waals surface area contributed by atoms with Crippen LogP contribution in [0, 0.1) is 0 Å². The first-order valence-corrected chi connectivity index (χ1v) is 7.03. The molecule has 2 aliphatic rings. The maximum atomic E-state index is 9.70. The Morgan fingerprint density at radius 2 is 1.71 bits per heavy atom. The summed E-state index contributed by atoms with van der Waals surface area (Å²) in [6.45, 7) is 0. The Hall–Kier alpha value is -1.95. The maximum Gasteiger partial charge on any atom is 0.602 e. The van der Waals surface area contributed by atoms with Gasteiger partial charge in [-0.15, -0.1) is 0 Å². The fourth-order valence-corrected chi connectivity index (χ4v) is 2.62. The minimum atomic E-state index is -0.716. The number of hydrogen-bond acceptors (Lipinski definition) is 5. The highest BCUT2D eigenvalue weighted by Gasteiger charge is 2.53. The molecule has 2 atom stereocenters. The highest BCUT2D eigenvalue weighted by Crippen LogP contribution is 2.55. The van der Waals surface area contributed by atoms with Gasteiger partial charge in [-0.3, -0.25) is 0 Å². The van der Waals surface area contributed by atoms with Crippen LogP contribution in [0.1, 0.15) is 17.9 Å². The second kappa shape index (κ2) is 5.45. The summed E-state index contributed by atoms with van der Waals surface area (Å²) in [4.78, 5) is 1.45. The summed E-state index contributed by atoms with van der Waals surface area (Å²) < 4.78 is 10.7. The first-order chi connectivity index (χ1) is 10.0. The Bertz CT molecular complexity index is 567. The Morgan fingerprint density at radius 3 is 2.29 bits per heavy atom. The number of halogens is 1. The maximum absolute atomic E-state index is 9.70. The Labute approximate surface area is 128 Å². The summed E-state index contributed by atoms with van der Waals surface area (Å²) in [7, 11) is 0.930. The van der Waals surface area contributed by atoms with Crippen molar-refractivity contribution in [3.63, 3.8) is 0 Å². The van der Waals surface area contributed by atoms with Crippen molar-refractivity contribution in [1.82, 2.24) is 4.90 Å². The highest BCUT2D eigenvalue weighted by molar-refractivity contribution is 6.48. The van der Waals surface area contributed by atoms with Gasteiger partial charge in [0.05, 0.1) is 12.4 Å². The lowest BCUT2D eigenvalue weighted by Gasteiger charge is -2.20. The number of benzene rings is 1. The van der Waals surface area contributed by atoms with E-state index >= 15 is 0 Å². The molecule has 1 aliphatic carbocycles. The molecule has 2 unspecified atom stereocenters. The molecular formula is C14H15BClNO4. The largest absolute Gasteiger partial charge is 0.602 e. The van der Waals surface area contributed by atoms with Crippen LogP contribution in [-0.2, 0) is 9.31 Å². The SMILES string of the molecule is CN1C=C(O)OB(C2CC2c2ccc(Cl)cc2)OC(O)=C1. The van der Waals surface area contributed by atoms with Gasteiger partial charge in [-0.1, -0.05) is 23.7 Å². The highest BCUT2D eigenvalue weighted by atomic mass is 35.5. The molecule has 0 spiro atoms. The zero-order chi connectivity index (χ0) is 15.0. The summed E-state index contributed by atoms with van der Waals surface area (Å²) in [5.74, 6) is -0.147. The molecule has 7 heteroatoms. The minimum Gasteiger partial charge on any atom is -0.498 e. The van der Waals surface area contributed by atoms with E-state index in [1.165, 1.54) is 17.3 Å². The number of hydrogen-bond donors (Lipinski definition) is 2. The molecule has 0 saturated heterocycles. The van der Waals surface area contributed by atoms with Gasteiger partial charge < -0.3 is 24.4 Å². The summed E-state index contributed by atoms with van der Waals surface area (Å²) >= 11 is 5.88. The van der Waals surface area contributed by atoms with Crippen LogP contribution in [0.2, 0.25) is 10.8 Å². The lowest BCUT2D eigenvalue weighted by Crippen LogP contribution is -2.26. The van der Waals surface area contributed by atoms with Crippen molar-refractivity contribution < 1.29 is 19.5 Å². The normalized spacial score (nSPS) is 25.0. The summed E-state index contributed by atoms with van der Waals surface area (Å²) in [5, 5.41) is 20.1. The zero-order valence-electron chi connectivity index (χ0n) is 11.4. The van der Waals surface area contributed by atoms with Crippen LogP contribution in [-0.4, -0.2) is 29.3 Å². The van der Waals surface area contributed by atoms with Gasteiger partial charge >= 0.3 is 7.12 Å². The zero-order valence-corrected chi connectivity index (χ0v) is 12.2. The van der Waals surface area contributed by atoms with Crippen LogP contribution in [0.3, 0.4) is 0 Å². The fourth-order valence-electron chi connectivity index (χ4n) is 2.49. The summed E-state index contributed by atoms with van der Waals surface area (Å²) in [6.07, 6.45) is 3.60. The monoisotopic (exact) mass is 307 g/mol. The van der Waals surface area contributed by atoms with E-state index in [-0.39, 0.29) is 23.6 Å². The van der Waals surface area contributed by atoms with Crippen molar-refractivity contribution >= 4 is 18.7 Å². The molecule has 1 saturated carbocycles. The number of aliphatic hydroxyl groups is 2. The smallest absolute Gasteiger partial charge is 0.498 e. The predicted octanol–water partition coefficient (Wildman–Crippen LogP) is 3.38. The van der Waals surface area contributed by atoms with Crippen LogP contribution in [0.15, 0.2) is 48.6 Å². The Balaban J connectivity index is 1.72. The van der Waals surface area contributed by atoms with Gasteiger partial charge in [0, 0.05) is 17.9 Å². The summed E-state index contributed by atoms with van der Waals surface area (Å²) in [6, 6.07) is 7.62. The van der Waals surface area contributed by atoms with Crippen LogP contribution in [0.5, 0.6) is 0 Å². The average Bonchev–Trinajstić information content (AvgIpc) is 3.17. The molecule has 5 nitrogen and oxygen atoms in total. The molecule has 21 heavy (non-hydrogen) atoms. The van der Waals surface area contributed by atoms with Crippen LogP contribution >= 0.6 is 11.6 Å². The lowest BCUT2D eigenvalue weighted by atomic mass is 9.79. The van der Waals surface area contributed by atoms with E-state index in [1.807, 2.05) is 24.3 Å². The second-order valence-electron chi connectivity index (χ2n) is 5.26. The topological polar surface area (TPSA) is 62.2 Å². The Morgan fingerprint density at radius 1 is 1.14 bits per heavy atom. The van der Waals surface area contributed by atoms with Gasteiger partial charge in [-0.05, 0) is 30.0 Å². The number of aliphatic hydroxyl groups excluding tert-OH is 2. The molecule has 0 bridgehead atoms. The quantitative estimate of drug-likeness (QED) is 0.820. The average molecular weight is 308 g/mol. The molecule has 1 aromatic rings. The predicted molar refractivity (Wildman–Crippen MR) is 79.7 cm³/mol. The third kappa shape index (κ3) is 3.21. The van der Waals surface area contributed by atoms with E-state index < -0.39 is 7.12 Å². The number of nitrogens with zero attached hydrogens (tertiary/aromatic N) is 1. The van der Waals surface area contributed by atoms with Gasteiger partial charge in [0.2, 0.25) is 0 Å². The molecule has 2 N–H and O–H groups in total. The molecule has 1 heterocycles. The van der Waals surface area contributed by atoms with Crippen LogP contribution in [0.25, 0.3) is 0 Å². The van der Waals surface area contributed by atoms with Crippen molar-refractivity contribution in [2.45, 2.75) is 18.2 Å². The van der Waals surface area contributed by atoms with Crippen molar-refractivity contribution in [1.29, 1.82) is 0 Å². The lowest BCUT2D eigenvalue weighted by molar-refractivity contribution is 0.117. The Kier molecular flexibility index (Phi) is 3.63. The van der Waals surface area contributed by atoms with Crippen molar-refractivity contribution in [3.8, 4) is 0 Å². The molecule has 0 radical (unpaired) electrons. The first kappa shape index (κ1) is 14.0. The van der Waals surface area contributed by atoms with Crippen LogP contribution < -0.4 is 0 Å². The van der Waals surface area contributed by atoms with E-state index in [9.17, 15) is 10.2 Å². The van der Waals surface area contributed by atoms with E-state index in [0.717, 1.165) is 12.0 Å². The van der Waals surface area contributed by atoms with Crippen molar-refractivity contribution in [2.75, 3.05) is 7.05 Å². The molecule has 1 aliphatic heterocycles. The molecular weight excluding hydrogens is 292 g/mol. The third-order valence-corrected chi connectivity index (χ3v) is 3.84. The van der Waals surface area contributed by atoms with Gasteiger partial charge in [-0.25, -0.2) is 0 Å². The molecule has 0 aromatic heterocycles. The molecule has 110 valence electrons. The van der Waals surface area contributed by atoms with Gasteiger partial charge in [0.25, 0.3) is 11.9 Å².